The fourth-order valence-electron chi connectivity index (χ4n) is 2.81. The van der Waals surface area contributed by atoms with Gasteiger partial charge in [-0.1, -0.05) is 60.7 Å². The molecule has 2 aromatic carbocycles. The van der Waals surface area contributed by atoms with Crippen LogP contribution in [0.2, 0.25) is 0 Å². The van der Waals surface area contributed by atoms with Crippen molar-refractivity contribution in [3.63, 3.8) is 0 Å². The molecule has 0 aliphatic rings. The van der Waals surface area contributed by atoms with E-state index in [0.717, 1.165) is 4.57 Å². The van der Waals surface area contributed by atoms with Gasteiger partial charge in [0.15, 0.2) is 0 Å². The Kier molecular flexibility index (Phi) is 4.35. The van der Waals surface area contributed by atoms with E-state index >= 15 is 0 Å². The summed E-state index contributed by atoms with van der Waals surface area (Å²) in [5, 5.41) is 9.43. The zero-order valence-corrected chi connectivity index (χ0v) is 13.0. The SMILES string of the molecule is O=C(O)c1c(C(F)(F)F)c(-c2ccccc2)cn1Cc1ccccc1. The molecule has 25 heavy (non-hydrogen) atoms. The van der Waals surface area contributed by atoms with Crippen LogP contribution in [0.3, 0.4) is 0 Å². The first-order valence-corrected chi connectivity index (χ1v) is 7.51. The molecule has 0 bridgehead atoms. The van der Waals surface area contributed by atoms with Crippen LogP contribution in [-0.2, 0) is 12.7 Å². The van der Waals surface area contributed by atoms with Crippen LogP contribution in [0, 0.1) is 0 Å². The van der Waals surface area contributed by atoms with Gasteiger partial charge < -0.3 is 9.67 Å². The lowest BCUT2D eigenvalue weighted by atomic mass is 10.0. The largest absolute Gasteiger partial charge is 0.477 e. The molecule has 0 aliphatic heterocycles. The van der Waals surface area contributed by atoms with Gasteiger partial charge in [-0.15, -0.1) is 0 Å². The van der Waals surface area contributed by atoms with Crippen molar-refractivity contribution in [3.8, 4) is 11.1 Å². The lowest BCUT2D eigenvalue weighted by Crippen LogP contribution is -2.16. The Bertz CT molecular complexity index is 884. The minimum atomic E-state index is -4.78. The fraction of sp³-hybridized carbons (Fsp3) is 0.105. The quantitative estimate of drug-likeness (QED) is 0.729. The van der Waals surface area contributed by atoms with Gasteiger partial charge in [0.1, 0.15) is 5.69 Å². The second-order valence-corrected chi connectivity index (χ2v) is 5.55. The van der Waals surface area contributed by atoms with E-state index in [0.29, 0.717) is 11.1 Å². The maximum absolute atomic E-state index is 13.6. The number of hydrogen-bond acceptors (Lipinski definition) is 1. The lowest BCUT2D eigenvalue weighted by molar-refractivity contribution is -0.137. The maximum Gasteiger partial charge on any atom is 0.419 e. The van der Waals surface area contributed by atoms with E-state index in [-0.39, 0.29) is 12.1 Å². The minimum Gasteiger partial charge on any atom is -0.477 e. The number of halogens is 3. The van der Waals surface area contributed by atoms with Crippen LogP contribution in [-0.4, -0.2) is 15.6 Å². The van der Waals surface area contributed by atoms with Crippen molar-refractivity contribution in [1.29, 1.82) is 0 Å². The number of nitrogens with zero attached hydrogens (tertiary/aromatic N) is 1. The zero-order valence-electron chi connectivity index (χ0n) is 13.0. The third-order valence-corrected chi connectivity index (χ3v) is 3.84. The number of hydrogen-bond donors (Lipinski definition) is 1. The monoisotopic (exact) mass is 345 g/mol. The number of carboxylic acids is 1. The molecule has 0 aliphatic carbocycles. The molecule has 1 N–H and O–H groups in total. The summed E-state index contributed by atoms with van der Waals surface area (Å²) in [6, 6.07) is 16.7. The second-order valence-electron chi connectivity index (χ2n) is 5.55. The Balaban J connectivity index is 2.22. The standard InChI is InChI=1S/C19H14F3NO2/c20-19(21,22)16-15(14-9-5-2-6-10-14)12-23(17(16)18(24)25)11-13-7-3-1-4-8-13/h1-10,12H,11H2,(H,24,25). The molecule has 1 heterocycles. The zero-order chi connectivity index (χ0) is 18.0. The van der Waals surface area contributed by atoms with Crippen LogP contribution >= 0.6 is 0 Å². The molecule has 0 amide bonds. The van der Waals surface area contributed by atoms with Crippen molar-refractivity contribution >= 4 is 5.97 Å². The van der Waals surface area contributed by atoms with Crippen LogP contribution in [0.15, 0.2) is 66.9 Å². The van der Waals surface area contributed by atoms with Gasteiger partial charge in [-0.2, -0.15) is 13.2 Å². The van der Waals surface area contributed by atoms with E-state index < -0.39 is 23.4 Å². The smallest absolute Gasteiger partial charge is 0.419 e. The normalized spacial score (nSPS) is 11.5. The summed E-state index contributed by atoms with van der Waals surface area (Å²) in [5.41, 5.74) is -0.976. The number of rotatable bonds is 4. The van der Waals surface area contributed by atoms with Gasteiger partial charge in [0.2, 0.25) is 0 Å². The molecule has 0 atom stereocenters. The summed E-state index contributed by atoms with van der Waals surface area (Å²) in [6.07, 6.45) is -3.52. The van der Waals surface area contributed by atoms with Gasteiger partial charge in [0.05, 0.1) is 5.56 Å². The van der Waals surface area contributed by atoms with Gasteiger partial charge in [0.25, 0.3) is 0 Å². The van der Waals surface area contributed by atoms with Crippen molar-refractivity contribution in [3.05, 3.63) is 83.7 Å². The van der Waals surface area contributed by atoms with Crippen LogP contribution < -0.4 is 0 Å². The molecule has 0 fully saturated rings. The van der Waals surface area contributed by atoms with Gasteiger partial charge in [0, 0.05) is 18.3 Å². The van der Waals surface area contributed by atoms with Crippen molar-refractivity contribution in [2.24, 2.45) is 0 Å². The first-order valence-electron chi connectivity index (χ1n) is 7.51. The highest BCUT2D eigenvalue weighted by atomic mass is 19.4. The molecule has 0 saturated heterocycles. The summed E-state index contributed by atoms with van der Waals surface area (Å²) < 4.78 is 42.0. The van der Waals surface area contributed by atoms with Crippen LogP contribution in [0.25, 0.3) is 11.1 Å². The molecule has 1 aromatic heterocycles. The Morgan fingerprint density at radius 1 is 0.960 bits per heavy atom. The summed E-state index contributed by atoms with van der Waals surface area (Å²) in [4.78, 5) is 11.6. The van der Waals surface area contributed by atoms with E-state index in [9.17, 15) is 23.1 Å². The summed E-state index contributed by atoms with van der Waals surface area (Å²) >= 11 is 0. The highest BCUT2D eigenvalue weighted by Crippen LogP contribution is 2.41. The van der Waals surface area contributed by atoms with Gasteiger partial charge in [-0.3, -0.25) is 0 Å². The van der Waals surface area contributed by atoms with Crippen LogP contribution in [0.4, 0.5) is 13.2 Å². The molecule has 0 saturated carbocycles. The third kappa shape index (κ3) is 3.42. The molecule has 0 radical (unpaired) electrons. The highest BCUT2D eigenvalue weighted by molar-refractivity contribution is 5.91. The lowest BCUT2D eigenvalue weighted by Gasteiger charge is -2.11. The van der Waals surface area contributed by atoms with Gasteiger partial charge >= 0.3 is 12.1 Å². The van der Waals surface area contributed by atoms with E-state index in [1.165, 1.54) is 18.3 Å². The first kappa shape index (κ1) is 16.8. The van der Waals surface area contributed by atoms with Gasteiger partial charge in [-0.05, 0) is 11.1 Å². The predicted molar refractivity (Wildman–Crippen MR) is 87.4 cm³/mol. The molecular formula is C19H14F3NO2. The summed E-state index contributed by atoms with van der Waals surface area (Å²) in [5.74, 6) is -1.61. The van der Waals surface area contributed by atoms with E-state index in [4.69, 9.17) is 0 Å². The summed E-state index contributed by atoms with van der Waals surface area (Å²) in [7, 11) is 0. The van der Waals surface area contributed by atoms with E-state index in [1.54, 1.807) is 48.5 Å². The van der Waals surface area contributed by atoms with E-state index in [2.05, 4.69) is 0 Å². The molecule has 0 spiro atoms. The Labute approximate surface area is 142 Å². The Hall–Kier alpha value is -3.02. The highest BCUT2D eigenvalue weighted by Gasteiger charge is 2.41. The number of aromatic nitrogens is 1. The number of carbonyl (C=O) groups is 1. The molecule has 3 aromatic rings. The molecular weight excluding hydrogens is 331 g/mol. The predicted octanol–water partition coefficient (Wildman–Crippen LogP) is 4.92. The molecule has 3 rings (SSSR count). The van der Waals surface area contributed by atoms with E-state index in [1.807, 2.05) is 0 Å². The number of carboxylic acid groups (broad SMARTS) is 1. The first-order chi connectivity index (χ1) is 11.9. The van der Waals surface area contributed by atoms with Crippen molar-refractivity contribution in [1.82, 2.24) is 4.57 Å². The topological polar surface area (TPSA) is 42.2 Å². The second kappa shape index (κ2) is 6.47. The van der Waals surface area contributed by atoms with Crippen molar-refractivity contribution < 1.29 is 23.1 Å². The third-order valence-electron chi connectivity index (χ3n) is 3.84. The van der Waals surface area contributed by atoms with Crippen molar-refractivity contribution in [2.75, 3.05) is 0 Å². The molecule has 3 nitrogen and oxygen atoms in total. The molecule has 0 unspecified atom stereocenters. The van der Waals surface area contributed by atoms with Crippen molar-refractivity contribution in [2.45, 2.75) is 12.7 Å². The van der Waals surface area contributed by atoms with Gasteiger partial charge in [-0.25, -0.2) is 4.79 Å². The average Bonchev–Trinajstić information content (AvgIpc) is 2.96. The number of alkyl halides is 3. The number of aromatic carboxylic acids is 1. The average molecular weight is 345 g/mol. The minimum absolute atomic E-state index is 0.0401. The van der Waals surface area contributed by atoms with Crippen LogP contribution in [0.1, 0.15) is 21.6 Å². The fourth-order valence-corrected chi connectivity index (χ4v) is 2.81. The molecule has 128 valence electrons. The summed E-state index contributed by atoms with van der Waals surface area (Å²) in [6.45, 7) is 0.0401. The Morgan fingerprint density at radius 2 is 1.52 bits per heavy atom. The van der Waals surface area contributed by atoms with Crippen LogP contribution in [0.5, 0.6) is 0 Å². The molecule has 6 heteroatoms. The number of benzene rings is 2. The maximum atomic E-state index is 13.6. The Morgan fingerprint density at radius 3 is 2.04 bits per heavy atom.